The molecule has 2 heteroatoms. The van der Waals surface area contributed by atoms with Crippen molar-refractivity contribution in [2.45, 2.75) is 65.0 Å². The van der Waals surface area contributed by atoms with Crippen molar-refractivity contribution in [2.75, 3.05) is 13.2 Å². The number of hydrogen-bond donors (Lipinski definition) is 1. The summed E-state index contributed by atoms with van der Waals surface area (Å²) >= 11 is 0. The molecule has 2 atom stereocenters. The summed E-state index contributed by atoms with van der Waals surface area (Å²) in [6.07, 6.45) is 6.84. The summed E-state index contributed by atoms with van der Waals surface area (Å²) < 4.78 is 5.93. The van der Waals surface area contributed by atoms with Gasteiger partial charge in [0.2, 0.25) is 0 Å². The molecule has 1 N–H and O–H groups in total. The van der Waals surface area contributed by atoms with Crippen LogP contribution in [-0.2, 0) is 4.74 Å². The maximum Gasteiger partial charge on any atom is 0.0590 e. The van der Waals surface area contributed by atoms with Gasteiger partial charge in [0.25, 0.3) is 0 Å². The van der Waals surface area contributed by atoms with Gasteiger partial charge >= 0.3 is 0 Å². The average Bonchev–Trinajstić information content (AvgIpc) is 2.18. The molecule has 1 saturated carbocycles. The average molecular weight is 213 g/mol. The molecular formula is C13H27NO. The molecule has 0 spiro atoms. The highest BCUT2D eigenvalue weighted by molar-refractivity contribution is 4.77. The molecule has 1 aliphatic rings. The second kappa shape index (κ2) is 7.24. The van der Waals surface area contributed by atoms with E-state index in [-0.39, 0.29) is 0 Å². The molecular weight excluding hydrogens is 186 g/mol. The Morgan fingerprint density at radius 3 is 2.80 bits per heavy atom. The molecule has 0 bridgehead atoms. The molecule has 90 valence electrons. The summed E-state index contributed by atoms with van der Waals surface area (Å²) in [6, 6.07) is 0.702. The van der Waals surface area contributed by atoms with Gasteiger partial charge in [-0.3, -0.25) is 0 Å². The van der Waals surface area contributed by atoms with Gasteiger partial charge in [0, 0.05) is 12.6 Å². The Labute approximate surface area is 94.8 Å². The Hall–Kier alpha value is -0.0800. The van der Waals surface area contributed by atoms with Crippen molar-refractivity contribution in [3.8, 4) is 0 Å². The summed E-state index contributed by atoms with van der Waals surface area (Å²) in [7, 11) is 0. The fourth-order valence-electron chi connectivity index (χ4n) is 2.24. The summed E-state index contributed by atoms with van der Waals surface area (Å²) in [4.78, 5) is 0. The zero-order valence-corrected chi connectivity index (χ0v) is 10.6. The van der Waals surface area contributed by atoms with E-state index in [2.05, 4.69) is 26.1 Å². The molecule has 0 aliphatic heterocycles. The van der Waals surface area contributed by atoms with Gasteiger partial charge < -0.3 is 10.1 Å². The van der Waals surface area contributed by atoms with Crippen molar-refractivity contribution >= 4 is 0 Å². The molecule has 2 nitrogen and oxygen atoms in total. The predicted octanol–water partition coefficient (Wildman–Crippen LogP) is 2.97. The molecule has 2 unspecified atom stereocenters. The van der Waals surface area contributed by atoms with E-state index in [0.717, 1.165) is 19.1 Å². The molecule has 0 saturated heterocycles. The molecule has 0 amide bonds. The molecule has 15 heavy (non-hydrogen) atoms. The predicted molar refractivity (Wildman–Crippen MR) is 65.1 cm³/mol. The van der Waals surface area contributed by atoms with E-state index in [1.54, 1.807) is 0 Å². The summed E-state index contributed by atoms with van der Waals surface area (Å²) in [5, 5.41) is 3.53. The molecule has 0 aromatic rings. The zero-order valence-electron chi connectivity index (χ0n) is 10.6. The van der Waals surface area contributed by atoms with Crippen LogP contribution < -0.4 is 5.32 Å². The zero-order chi connectivity index (χ0) is 11.1. The first kappa shape index (κ1) is 13.0. The first-order chi connectivity index (χ1) is 7.22. The highest BCUT2D eigenvalue weighted by atomic mass is 16.5. The van der Waals surface area contributed by atoms with E-state index < -0.39 is 0 Å². The van der Waals surface area contributed by atoms with Crippen LogP contribution in [0.2, 0.25) is 0 Å². The van der Waals surface area contributed by atoms with Crippen molar-refractivity contribution in [2.24, 2.45) is 5.92 Å². The minimum Gasteiger partial charge on any atom is -0.378 e. The summed E-state index contributed by atoms with van der Waals surface area (Å²) in [6.45, 7) is 8.73. The van der Waals surface area contributed by atoms with Crippen LogP contribution in [0, 0.1) is 5.92 Å². The van der Waals surface area contributed by atoms with Gasteiger partial charge in [-0.05, 0) is 44.6 Å². The SMILES string of the molecule is CCNC1CCCC(OCCC(C)C)C1. The largest absolute Gasteiger partial charge is 0.378 e. The third-order valence-corrected chi connectivity index (χ3v) is 3.17. The van der Waals surface area contributed by atoms with Gasteiger partial charge in [-0.1, -0.05) is 20.8 Å². The van der Waals surface area contributed by atoms with E-state index in [9.17, 15) is 0 Å². The second-order valence-electron chi connectivity index (χ2n) is 5.10. The van der Waals surface area contributed by atoms with E-state index in [1.165, 1.54) is 32.1 Å². The molecule has 0 radical (unpaired) electrons. The van der Waals surface area contributed by atoms with Gasteiger partial charge in [-0.15, -0.1) is 0 Å². The molecule has 0 aromatic heterocycles. The monoisotopic (exact) mass is 213 g/mol. The molecule has 1 fully saturated rings. The Morgan fingerprint density at radius 1 is 1.33 bits per heavy atom. The van der Waals surface area contributed by atoms with Crippen LogP contribution in [0.15, 0.2) is 0 Å². The molecule has 0 aromatic carbocycles. The first-order valence-electron chi connectivity index (χ1n) is 6.57. The highest BCUT2D eigenvalue weighted by Crippen LogP contribution is 2.21. The van der Waals surface area contributed by atoms with E-state index >= 15 is 0 Å². The van der Waals surface area contributed by atoms with Crippen molar-refractivity contribution in [1.29, 1.82) is 0 Å². The van der Waals surface area contributed by atoms with E-state index in [1.807, 2.05) is 0 Å². The van der Waals surface area contributed by atoms with Crippen molar-refractivity contribution in [3.63, 3.8) is 0 Å². The maximum atomic E-state index is 5.93. The lowest BCUT2D eigenvalue weighted by atomic mass is 9.93. The third kappa shape index (κ3) is 5.53. The van der Waals surface area contributed by atoms with Gasteiger partial charge in [-0.25, -0.2) is 0 Å². The normalized spacial score (nSPS) is 27.2. The molecule has 1 rings (SSSR count). The summed E-state index contributed by atoms with van der Waals surface area (Å²) in [5.41, 5.74) is 0. The molecule has 0 heterocycles. The third-order valence-electron chi connectivity index (χ3n) is 3.17. The Balaban J connectivity index is 2.12. The number of ether oxygens (including phenoxy) is 1. The topological polar surface area (TPSA) is 21.3 Å². The quantitative estimate of drug-likeness (QED) is 0.732. The fourth-order valence-corrected chi connectivity index (χ4v) is 2.24. The van der Waals surface area contributed by atoms with Gasteiger partial charge in [0.15, 0.2) is 0 Å². The van der Waals surface area contributed by atoms with Crippen LogP contribution in [0.25, 0.3) is 0 Å². The summed E-state index contributed by atoms with van der Waals surface area (Å²) in [5.74, 6) is 0.762. The Morgan fingerprint density at radius 2 is 2.13 bits per heavy atom. The fraction of sp³-hybridized carbons (Fsp3) is 1.00. The van der Waals surface area contributed by atoms with Gasteiger partial charge in [-0.2, -0.15) is 0 Å². The van der Waals surface area contributed by atoms with Crippen LogP contribution in [0.1, 0.15) is 52.9 Å². The standard InChI is InChI=1S/C13H27NO/c1-4-14-12-6-5-7-13(10-12)15-9-8-11(2)3/h11-14H,4-10H2,1-3H3. The number of nitrogens with one attached hydrogen (secondary N) is 1. The second-order valence-corrected chi connectivity index (χ2v) is 5.10. The van der Waals surface area contributed by atoms with Crippen LogP contribution >= 0.6 is 0 Å². The Bertz CT molecular complexity index is 157. The lowest BCUT2D eigenvalue weighted by molar-refractivity contribution is 0.0147. The van der Waals surface area contributed by atoms with Crippen molar-refractivity contribution in [3.05, 3.63) is 0 Å². The highest BCUT2D eigenvalue weighted by Gasteiger charge is 2.21. The van der Waals surface area contributed by atoms with Crippen molar-refractivity contribution in [1.82, 2.24) is 5.32 Å². The van der Waals surface area contributed by atoms with Gasteiger partial charge in [0.05, 0.1) is 6.10 Å². The van der Waals surface area contributed by atoms with Gasteiger partial charge in [0.1, 0.15) is 0 Å². The lowest BCUT2D eigenvalue weighted by Crippen LogP contribution is -2.37. The lowest BCUT2D eigenvalue weighted by Gasteiger charge is -2.29. The smallest absolute Gasteiger partial charge is 0.0590 e. The minimum absolute atomic E-state index is 0.515. The Kier molecular flexibility index (Phi) is 6.26. The number of rotatable bonds is 6. The number of hydrogen-bond acceptors (Lipinski definition) is 2. The van der Waals surface area contributed by atoms with E-state index in [4.69, 9.17) is 4.74 Å². The molecule has 1 aliphatic carbocycles. The maximum absolute atomic E-state index is 5.93. The van der Waals surface area contributed by atoms with Crippen molar-refractivity contribution < 1.29 is 4.74 Å². The van der Waals surface area contributed by atoms with E-state index in [0.29, 0.717) is 12.1 Å². The van der Waals surface area contributed by atoms with Crippen LogP contribution in [-0.4, -0.2) is 25.3 Å². The van der Waals surface area contributed by atoms with Crippen LogP contribution in [0.3, 0.4) is 0 Å². The minimum atomic E-state index is 0.515. The van der Waals surface area contributed by atoms with Crippen LogP contribution in [0.4, 0.5) is 0 Å². The van der Waals surface area contributed by atoms with Crippen LogP contribution in [0.5, 0.6) is 0 Å². The first-order valence-corrected chi connectivity index (χ1v) is 6.57.